The first kappa shape index (κ1) is 12.6. The van der Waals surface area contributed by atoms with Crippen LogP contribution in [0.4, 0.5) is 0 Å². The number of Topliss-reactive ketones (excluding diaryl/α,β-unsaturated/α-hetero) is 1. The zero-order chi connectivity index (χ0) is 13.0. The van der Waals surface area contributed by atoms with E-state index in [-0.39, 0.29) is 11.7 Å². The molecule has 1 aromatic carbocycles. The number of benzene rings is 1. The molecule has 1 saturated heterocycles. The molecule has 0 unspecified atom stereocenters. The summed E-state index contributed by atoms with van der Waals surface area (Å²) in [6.45, 7) is 3.44. The highest BCUT2D eigenvalue weighted by Gasteiger charge is 2.19. The molecule has 1 amide bonds. The molecule has 1 fully saturated rings. The Bertz CT molecular complexity index is 456. The van der Waals surface area contributed by atoms with Gasteiger partial charge in [-0.3, -0.25) is 9.59 Å². The summed E-state index contributed by atoms with van der Waals surface area (Å²) in [5.74, 6) is 0.903. The van der Waals surface area contributed by atoms with Crippen molar-refractivity contribution in [2.24, 2.45) is 0 Å². The van der Waals surface area contributed by atoms with E-state index in [1.165, 1.54) is 6.92 Å². The van der Waals surface area contributed by atoms with Gasteiger partial charge in [0, 0.05) is 18.5 Å². The Balaban J connectivity index is 1.84. The number of amides is 1. The molecular weight excluding hydrogens is 230 g/mol. The molecule has 0 aromatic heterocycles. The average molecular weight is 247 g/mol. The molecular formula is C14H17NO3. The molecule has 0 atom stereocenters. The van der Waals surface area contributed by atoms with E-state index >= 15 is 0 Å². The van der Waals surface area contributed by atoms with E-state index in [2.05, 4.69) is 0 Å². The molecule has 18 heavy (non-hydrogen) atoms. The van der Waals surface area contributed by atoms with Crippen LogP contribution in [-0.2, 0) is 4.79 Å². The molecule has 0 spiro atoms. The molecule has 0 saturated carbocycles. The summed E-state index contributed by atoms with van der Waals surface area (Å²) in [4.78, 5) is 24.4. The van der Waals surface area contributed by atoms with Crippen LogP contribution in [0.2, 0.25) is 0 Å². The highest BCUT2D eigenvalue weighted by atomic mass is 16.5. The second-order valence-electron chi connectivity index (χ2n) is 4.42. The molecule has 1 aromatic rings. The number of hydrogen-bond acceptors (Lipinski definition) is 3. The lowest BCUT2D eigenvalue weighted by molar-refractivity contribution is -0.128. The highest BCUT2D eigenvalue weighted by Crippen LogP contribution is 2.14. The summed E-state index contributed by atoms with van der Waals surface area (Å²) < 4.78 is 5.56. The van der Waals surface area contributed by atoms with Crippen molar-refractivity contribution in [3.63, 3.8) is 0 Å². The first-order valence-electron chi connectivity index (χ1n) is 6.18. The zero-order valence-corrected chi connectivity index (χ0v) is 10.5. The first-order chi connectivity index (χ1) is 8.66. The number of rotatable bonds is 5. The molecule has 96 valence electrons. The van der Waals surface area contributed by atoms with Crippen LogP contribution in [0.1, 0.15) is 30.1 Å². The predicted octanol–water partition coefficient (Wildman–Crippen LogP) is 1.89. The van der Waals surface area contributed by atoms with Crippen molar-refractivity contribution in [1.29, 1.82) is 0 Å². The van der Waals surface area contributed by atoms with Crippen LogP contribution < -0.4 is 4.74 Å². The van der Waals surface area contributed by atoms with E-state index in [1.807, 2.05) is 11.0 Å². The summed E-state index contributed by atoms with van der Waals surface area (Å²) in [6.07, 6.45) is 1.60. The second-order valence-corrected chi connectivity index (χ2v) is 4.42. The van der Waals surface area contributed by atoms with Gasteiger partial charge in [-0.25, -0.2) is 0 Å². The second kappa shape index (κ2) is 5.67. The Morgan fingerprint density at radius 3 is 2.94 bits per heavy atom. The van der Waals surface area contributed by atoms with Gasteiger partial charge in [0.1, 0.15) is 12.4 Å². The van der Waals surface area contributed by atoms with E-state index in [1.54, 1.807) is 18.2 Å². The van der Waals surface area contributed by atoms with Crippen LogP contribution in [0, 0.1) is 0 Å². The predicted molar refractivity (Wildman–Crippen MR) is 67.8 cm³/mol. The van der Waals surface area contributed by atoms with E-state index in [0.29, 0.717) is 30.9 Å². The quantitative estimate of drug-likeness (QED) is 0.746. The van der Waals surface area contributed by atoms with Crippen molar-refractivity contribution >= 4 is 11.7 Å². The standard InChI is InChI=1S/C14H17NO3/c1-11(16)12-4-2-5-13(10-12)18-9-8-15-7-3-6-14(15)17/h2,4-5,10H,3,6-9H2,1H3. The molecule has 2 rings (SSSR count). The number of ether oxygens (including phenoxy) is 1. The van der Waals surface area contributed by atoms with Gasteiger partial charge >= 0.3 is 0 Å². The van der Waals surface area contributed by atoms with E-state index < -0.39 is 0 Å². The minimum absolute atomic E-state index is 0.0233. The lowest BCUT2D eigenvalue weighted by Gasteiger charge is -2.15. The van der Waals surface area contributed by atoms with Crippen molar-refractivity contribution < 1.29 is 14.3 Å². The summed E-state index contributed by atoms with van der Waals surface area (Å²) in [6, 6.07) is 7.11. The number of carbonyl (C=O) groups excluding carboxylic acids is 2. The smallest absolute Gasteiger partial charge is 0.222 e. The van der Waals surface area contributed by atoms with E-state index in [0.717, 1.165) is 13.0 Å². The third-order valence-corrected chi connectivity index (χ3v) is 3.04. The molecule has 0 radical (unpaired) electrons. The Hall–Kier alpha value is -1.84. The van der Waals surface area contributed by atoms with Gasteiger partial charge in [0.05, 0.1) is 6.54 Å². The van der Waals surface area contributed by atoms with Gasteiger partial charge in [-0.15, -0.1) is 0 Å². The SMILES string of the molecule is CC(=O)c1cccc(OCCN2CCCC2=O)c1. The van der Waals surface area contributed by atoms with Crippen molar-refractivity contribution in [3.8, 4) is 5.75 Å². The molecule has 0 aliphatic carbocycles. The number of nitrogens with zero attached hydrogens (tertiary/aromatic N) is 1. The van der Waals surface area contributed by atoms with Crippen LogP contribution in [0.25, 0.3) is 0 Å². The number of likely N-dealkylation sites (tertiary alicyclic amines) is 1. The van der Waals surface area contributed by atoms with Crippen LogP contribution in [0.5, 0.6) is 5.75 Å². The highest BCUT2D eigenvalue weighted by molar-refractivity contribution is 5.94. The van der Waals surface area contributed by atoms with Gasteiger partial charge in [-0.1, -0.05) is 12.1 Å². The minimum Gasteiger partial charge on any atom is -0.492 e. The van der Waals surface area contributed by atoms with Crippen molar-refractivity contribution in [3.05, 3.63) is 29.8 Å². The van der Waals surface area contributed by atoms with Crippen LogP contribution in [-0.4, -0.2) is 36.3 Å². The summed E-state index contributed by atoms with van der Waals surface area (Å²) in [5.41, 5.74) is 0.643. The maximum absolute atomic E-state index is 11.4. The Kier molecular flexibility index (Phi) is 3.97. The Labute approximate surface area is 107 Å². The van der Waals surface area contributed by atoms with Crippen molar-refractivity contribution in [2.45, 2.75) is 19.8 Å². The monoisotopic (exact) mass is 247 g/mol. The molecule has 1 aliphatic rings. The maximum Gasteiger partial charge on any atom is 0.222 e. The summed E-state index contributed by atoms with van der Waals surface area (Å²) >= 11 is 0. The van der Waals surface area contributed by atoms with E-state index in [9.17, 15) is 9.59 Å². The fourth-order valence-corrected chi connectivity index (χ4v) is 2.02. The fourth-order valence-electron chi connectivity index (χ4n) is 2.02. The summed E-state index contributed by atoms with van der Waals surface area (Å²) in [7, 11) is 0. The van der Waals surface area contributed by atoms with Crippen LogP contribution >= 0.6 is 0 Å². The van der Waals surface area contributed by atoms with Crippen molar-refractivity contribution in [2.75, 3.05) is 19.7 Å². The topological polar surface area (TPSA) is 46.6 Å². The minimum atomic E-state index is 0.0233. The zero-order valence-electron chi connectivity index (χ0n) is 10.5. The molecule has 0 N–H and O–H groups in total. The van der Waals surface area contributed by atoms with Crippen LogP contribution in [0.3, 0.4) is 0 Å². The van der Waals surface area contributed by atoms with Crippen molar-refractivity contribution in [1.82, 2.24) is 4.90 Å². The van der Waals surface area contributed by atoms with Crippen LogP contribution in [0.15, 0.2) is 24.3 Å². The van der Waals surface area contributed by atoms with E-state index in [4.69, 9.17) is 4.74 Å². The Morgan fingerprint density at radius 1 is 1.44 bits per heavy atom. The number of carbonyl (C=O) groups is 2. The number of hydrogen-bond donors (Lipinski definition) is 0. The fraction of sp³-hybridized carbons (Fsp3) is 0.429. The third-order valence-electron chi connectivity index (χ3n) is 3.04. The van der Waals surface area contributed by atoms with Gasteiger partial charge in [-0.2, -0.15) is 0 Å². The normalized spacial score (nSPS) is 14.9. The number of ketones is 1. The van der Waals surface area contributed by atoms with Gasteiger partial charge in [0.15, 0.2) is 5.78 Å². The van der Waals surface area contributed by atoms with Gasteiger partial charge < -0.3 is 9.64 Å². The third kappa shape index (κ3) is 3.09. The largest absolute Gasteiger partial charge is 0.492 e. The van der Waals surface area contributed by atoms with Gasteiger partial charge in [-0.05, 0) is 25.5 Å². The molecule has 0 bridgehead atoms. The molecule has 1 heterocycles. The van der Waals surface area contributed by atoms with Gasteiger partial charge in [0.25, 0.3) is 0 Å². The lowest BCUT2D eigenvalue weighted by atomic mass is 10.1. The maximum atomic E-state index is 11.4. The average Bonchev–Trinajstić information content (AvgIpc) is 2.76. The lowest BCUT2D eigenvalue weighted by Crippen LogP contribution is -2.29. The molecule has 4 heteroatoms. The summed E-state index contributed by atoms with van der Waals surface area (Å²) in [5, 5.41) is 0. The Morgan fingerprint density at radius 2 is 2.28 bits per heavy atom. The molecule has 4 nitrogen and oxygen atoms in total. The first-order valence-corrected chi connectivity index (χ1v) is 6.18. The van der Waals surface area contributed by atoms with Gasteiger partial charge in [0.2, 0.25) is 5.91 Å². The molecule has 1 aliphatic heterocycles.